The Labute approximate surface area is 63.5 Å². The van der Waals surface area contributed by atoms with Crippen molar-refractivity contribution in [2.24, 2.45) is 0 Å². The molecule has 54 valence electrons. The standard InChI is InChI=1S/C6H5.2H2O.O.Sb/c1-2-4-6-5-3-1;;;;/h1-5H;2*1H2;;/q;;;;+2/p-2. The maximum atomic E-state index is 10.6. The van der Waals surface area contributed by atoms with Crippen LogP contribution in [-0.4, -0.2) is 26.4 Å². The average Bonchev–Trinajstić information content (AvgIpc) is 1.88. The number of rotatable bonds is 1. The molecule has 3 nitrogen and oxygen atoms in total. The topological polar surface area (TPSA) is 57.5 Å². The fourth-order valence-corrected chi connectivity index (χ4v) is 2.22. The van der Waals surface area contributed by atoms with Crippen LogP contribution in [0.15, 0.2) is 30.3 Å². The summed E-state index contributed by atoms with van der Waals surface area (Å²) in [7, 11) is 0. The van der Waals surface area contributed by atoms with Crippen LogP contribution in [-0.2, 0) is 3.02 Å². The van der Waals surface area contributed by atoms with Crippen molar-refractivity contribution in [3.8, 4) is 0 Å². The predicted octanol–water partition coefficient (Wildman–Crippen LogP) is -0.752. The van der Waals surface area contributed by atoms with Gasteiger partial charge >= 0.3 is 63.3 Å². The van der Waals surface area contributed by atoms with Crippen molar-refractivity contribution < 1.29 is 9.79 Å². The van der Waals surface area contributed by atoms with Gasteiger partial charge in [0.25, 0.3) is 0 Å². The van der Waals surface area contributed by atoms with Crippen molar-refractivity contribution in [1.82, 2.24) is 0 Å². The fourth-order valence-electron chi connectivity index (χ4n) is 0.622. The van der Waals surface area contributed by atoms with Crippen LogP contribution in [0.5, 0.6) is 0 Å². The monoisotopic (exact) mass is 248 g/mol. The van der Waals surface area contributed by atoms with Gasteiger partial charge in [0.15, 0.2) is 0 Å². The molecule has 0 aliphatic heterocycles. The molecule has 1 rings (SSSR count). The fraction of sp³-hybridized carbons (Fsp3) is 0. The first-order chi connectivity index (χ1) is 4.61. The molecule has 0 aromatic heterocycles. The van der Waals surface area contributed by atoms with Gasteiger partial charge < -0.3 is 0 Å². The van der Waals surface area contributed by atoms with Crippen LogP contribution in [0.3, 0.4) is 0 Å². The Bertz CT molecular complexity index is 251. The Hall–Kier alpha value is -0.242. The first-order valence-electron chi connectivity index (χ1n) is 2.72. The average molecular weight is 249 g/mol. The van der Waals surface area contributed by atoms with Gasteiger partial charge in [-0.2, -0.15) is 0 Å². The third-order valence-corrected chi connectivity index (χ3v) is 3.86. The van der Waals surface area contributed by atoms with Gasteiger partial charge in [-0.25, -0.2) is 0 Å². The SMILES string of the molecule is [O]=[Sb]([OH])([OH])[c]1ccccc1. The van der Waals surface area contributed by atoms with E-state index in [1.165, 1.54) is 12.1 Å². The van der Waals surface area contributed by atoms with Crippen molar-refractivity contribution in [1.29, 1.82) is 0 Å². The second-order valence-corrected chi connectivity index (χ2v) is 6.46. The maximum absolute atomic E-state index is 10.6. The molecule has 0 radical (unpaired) electrons. The zero-order valence-corrected chi connectivity index (χ0v) is 7.69. The molecule has 4 heteroatoms. The van der Waals surface area contributed by atoms with Crippen molar-refractivity contribution in [3.63, 3.8) is 0 Å². The molecule has 0 spiro atoms. The summed E-state index contributed by atoms with van der Waals surface area (Å²) in [6, 6.07) is 7.84. The molecule has 0 atom stereocenters. The Balaban J connectivity index is 3.09. The quantitative estimate of drug-likeness (QED) is 0.643. The Morgan fingerprint density at radius 1 is 1.10 bits per heavy atom. The van der Waals surface area contributed by atoms with E-state index in [-0.39, 0.29) is 3.51 Å². The van der Waals surface area contributed by atoms with E-state index in [1.807, 2.05) is 0 Å². The molecule has 1 aromatic carbocycles. The molecule has 0 amide bonds. The molecule has 10 heavy (non-hydrogen) atoms. The first-order valence-corrected chi connectivity index (χ1v) is 7.32. The van der Waals surface area contributed by atoms with Gasteiger partial charge in [0.1, 0.15) is 0 Å². The molecule has 1 aromatic rings. The third-order valence-electron chi connectivity index (χ3n) is 1.09. The molecular weight excluding hydrogens is 242 g/mol. The van der Waals surface area contributed by atoms with Gasteiger partial charge in [-0.1, -0.05) is 0 Å². The van der Waals surface area contributed by atoms with Gasteiger partial charge in [-0.05, 0) is 0 Å². The van der Waals surface area contributed by atoms with E-state index in [2.05, 4.69) is 0 Å². The summed E-state index contributed by atoms with van der Waals surface area (Å²) in [4.78, 5) is 0. The second kappa shape index (κ2) is 2.78. The van der Waals surface area contributed by atoms with Crippen LogP contribution in [0, 0.1) is 0 Å². The summed E-state index contributed by atoms with van der Waals surface area (Å²) in [5.41, 5.74) is 0. The van der Waals surface area contributed by atoms with Crippen LogP contribution >= 0.6 is 0 Å². The molecule has 0 saturated carbocycles. The Kier molecular flexibility index (Phi) is 2.19. The van der Waals surface area contributed by atoms with Crippen molar-refractivity contribution in [2.75, 3.05) is 0 Å². The normalized spacial score (nSPS) is 11.4. The van der Waals surface area contributed by atoms with E-state index in [4.69, 9.17) is 6.77 Å². The summed E-state index contributed by atoms with van der Waals surface area (Å²) < 4.78 is 28.1. The van der Waals surface area contributed by atoms with Crippen molar-refractivity contribution in [2.45, 2.75) is 0 Å². The Morgan fingerprint density at radius 2 is 1.60 bits per heavy atom. The summed E-state index contributed by atoms with van der Waals surface area (Å²) in [5.74, 6) is 0. The molecule has 2 N–H and O–H groups in total. The zero-order valence-electron chi connectivity index (χ0n) is 5.14. The van der Waals surface area contributed by atoms with Crippen molar-refractivity contribution >= 4 is 23.1 Å². The first kappa shape index (κ1) is 7.86. The van der Waals surface area contributed by atoms with Crippen LogP contribution in [0.2, 0.25) is 0 Å². The van der Waals surface area contributed by atoms with Crippen LogP contribution in [0.4, 0.5) is 0 Å². The molecule has 0 saturated heterocycles. The van der Waals surface area contributed by atoms with Crippen LogP contribution in [0.25, 0.3) is 0 Å². The van der Waals surface area contributed by atoms with Crippen LogP contribution in [0.1, 0.15) is 0 Å². The summed E-state index contributed by atoms with van der Waals surface area (Å²) >= 11 is -4.87. The molecular formula is C6H7O3Sb. The minimum atomic E-state index is -4.87. The van der Waals surface area contributed by atoms with Gasteiger partial charge in [0, 0.05) is 0 Å². The van der Waals surface area contributed by atoms with E-state index in [0.29, 0.717) is 0 Å². The van der Waals surface area contributed by atoms with Crippen molar-refractivity contribution in [3.05, 3.63) is 30.3 Å². The van der Waals surface area contributed by atoms with E-state index in [9.17, 15) is 3.02 Å². The summed E-state index contributed by atoms with van der Waals surface area (Å²) in [6.45, 7) is 0. The molecule has 0 aliphatic rings. The molecule has 0 bridgehead atoms. The molecule has 0 heterocycles. The summed E-state index contributed by atoms with van der Waals surface area (Å²) in [6.07, 6.45) is 0. The number of hydrogen-bond acceptors (Lipinski definition) is 1. The van der Waals surface area contributed by atoms with Crippen LogP contribution < -0.4 is 3.51 Å². The summed E-state index contributed by atoms with van der Waals surface area (Å²) in [5, 5.41) is 0. The minimum absolute atomic E-state index is 0.154. The van der Waals surface area contributed by atoms with E-state index in [1.54, 1.807) is 18.2 Å². The predicted molar refractivity (Wildman–Crippen MR) is 37.0 cm³/mol. The van der Waals surface area contributed by atoms with Gasteiger partial charge in [-0.15, -0.1) is 0 Å². The van der Waals surface area contributed by atoms with Gasteiger partial charge in [0.05, 0.1) is 0 Å². The zero-order chi connectivity index (χ0) is 7.61. The van der Waals surface area contributed by atoms with E-state index in [0.717, 1.165) is 0 Å². The number of benzene rings is 1. The second-order valence-electron chi connectivity index (χ2n) is 1.88. The Morgan fingerprint density at radius 3 is 1.90 bits per heavy atom. The third kappa shape index (κ3) is 1.87. The van der Waals surface area contributed by atoms with Gasteiger partial charge in [0.2, 0.25) is 0 Å². The van der Waals surface area contributed by atoms with E-state index >= 15 is 0 Å². The van der Waals surface area contributed by atoms with Gasteiger partial charge in [-0.3, -0.25) is 0 Å². The number of hydrogen-bond donors (Lipinski definition) is 2. The van der Waals surface area contributed by atoms with E-state index < -0.39 is 19.6 Å². The molecule has 0 unspecified atom stereocenters. The molecule has 0 aliphatic carbocycles. The molecule has 0 fully saturated rings.